The lowest BCUT2D eigenvalue weighted by molar-refractivity contribution is 0.0735. The molecule has 0 aromatic heterocycles. The molecule has 2 aromatic rings. The van der Waals surface area contributed by atoms with Crippen molar-refractivity contribution in [1.82, 2.24) is 4.90 Å². The first-order valence-corrected chi connectivity index (χ1v) is 11.1. The molecule has 0 aliphatic heterocycles. The molecule has 2 aromatic carbocycles. The maximum Gasteiger partial charge on any atom is 0.253 e. The Bertz CT molecular complexity index is 873. The predicted molar refractivity (Wildman–Crippen MR) is 108 cm³/mol. The highest BCUT2D eigenvalue weighted by atomic mass is 32.2. The van der Waals surface area contributed by atoms with Gasteiger partial charge in [0, 0.05) is 18.7 Å². The number of anilines is 1. The molecule has 0 bridgehead atoms. The molecule has 0 N–H and O–H groups in total. The standard InChI is InChI=1S/C21H26N2O3S/c1-22(19-8-6-7-9-19)21(24)18-14-12-17(13-15-18)16-23(27(2,25)26)20-10-4-3-5-11-20/h3-5,10-15,19H,6-9,16H2,1-2H3. The summed E-state index contributed by atoms with van der Waals surface area (Å²) in [6.07, 6.45) is 5.71. The zero-order valence-electron chi connectivity index (χ0n) is 15.8. The third kappa shape index (κ3) is 4.69. The fraction of sp³-hybridized carbons (Fsp3) is 0.381. The van der Waals surface area contributed by atoms with Crippen LogP contribution >= 0.6 is 0 Å². The van der Waals surface area contributed by atoms with Crippen LogP contribution in [0, 0.1) is 0 Å². The van der Waals surface area contributed by atoms with Gasteiger partial charge in [0.15, 0.2) is 0 Å². The van der Waals surface area contributed by atoms with Crippen LogP contribution in [-0.2, 0) is 16.6 Å². The number of para-hydroxylation sites is 1. The van der Waals surface area contributed by atoms with Gasteiger partial charge in [0.05, 0.1) is 18.5 Å². The molecular formula is C21H26N2O3S. The molecule has 0 radical (unpaired) electrons. The zero-order valence-corrected chi connectivity index (χ0v) is 16.7. The lowest BCUT2D eigenvalue weighted by Gasteiger charge is -2.25. The van der Waals surface area contributed by atoms with Crippen molar-refractivity contribution in [3.8, 4) is 0 Å². The van der Waals surface area contributed by atoms with Gasteiger partial charge >= 0.3 is 0 Å². The Morgan fingerprint density at radius 1 is 1.00 bits per heavy atom. The molecular weight excluding hydrogens is 360 g/mol. The zero-order chi connectivity index (χ0) is 19.4. The summed E-state index contributed by atoms with van der Waals surface area (Å²) in [7, 11) is -1.54. The average Bonchev–Trinajstić information content (AvgIpc) is 3.20. The van der Waals surface area contributed by atoms with Crippen LogP contribution in [0.3, 0.4) is 0 Å². The molecule has 144 valence electrons. The maximum absolute atomic E-state index is 12.7. The molecule has 1 saturated carbocycles. The summed E-state index contributed by atoms with van der Waals surface area (Å²) in [4.78, 5) is 14.5. The number of carbonyl (C=O) groups is 1. The van der Waals surface area contributed by atoms with E-state index in [-0.39, 0.29) is 12.5 Å². The van der Waals surface area contributed by atoms with Gasteiger partial charge < -0.3 is 4.90 Å². The van der Waals surface area contributed by atoms with Crippen LogP contribution in [0.5, 0.6) is 0 Å². The number of hydrogen-bond acceptors (Lipinski definition) is 3. The molecule has 1 aliphatic carbocycles. The molecule has 1 aliphatic rings. The van der Waals surface area contributed by atoms with Gasteiger partial charge in [0.2, 0.25) is 10.0 Å². The lowest BCUT2D eigenvalue weighted by Crippen LogP contribution is -2.35. The number of hydrogen-bond donors (Lipinski definition) is 0. The van der Waals surface area contributed by atoms with Crippen molar-refractivity contribution in [3.05, 3.63) is 65.7 Å². The molecule has 1 fully saturated rings. The normalized spacial score (nSPS) is 14.9. The third-order valence-corrected chi connectivity index (χ3v) is 6.30. The van der Waals surface area contributed by atoms with E-state index < -0.39 is 10.0 Å². The number of rotatable bonds is 6. The minimum absolute atomic E-state index is 0.0245. The highest BCUT2D eigenvalue weighted by Crippen LogP contribution is 2.24. The SMILES string of the molecule is CN(C(=O)c1ccc(CN(c2ccccc2)S(C)(=O)=O)cc1)C1CCCC1. The number of benzene rings is 2. The summed E-state index contributed by atoms with van der Waals surface area (Å²) in [5, 5.41) is 0. The van der Waals surface area contributed by atoms with E-state index in [0.29, 0.717) is 17.3 Å². The van der Waals surface area contributed by atoms with Gasteiger partial charge in [0.25, 0.3) is 5.91 Å². The van der Waals surface area contributed by atoms with Crippen molar-refractivity contribution in [2.75, 3.05) is 17.6 Å². The topological polar surface area (TPSA) is 57.7 Å². The van der Waals surface area contributed by atoms with Crippen LogP contribution in [0.15, 0.2) is 54.6 Å². The molecule has 5 nitrogen and oxygen atoms in total. The smallest absolute Gasteiger partial charge is 0.253 e. The van der Waals surface area contributed by atoms with Crippen molar-refractivity contribution in [2.24, 2.45) is 0 Å². The van der Waals surface area contributed by atoms with E-state index >= 15 is 0 Å². The lowest BCUT2D eigenvalue weighted by atomic mass is 10.1. The van der Waals surface area contributed by atoms with E-state index in [0.717, 1.165) is 18.4 Å². The molecule has 3 rings (SSSR count). The molecule has 0 atom stereocenters. The van der Waals surface area contributed by atoms with Crippen LogP contribution in [0.1, 0.15) is 41.6 Å². The van der Waals surface area contributed by atoms with Crippen molar-refractivity contribution in [1.29, 1.82) is 0 Å². The number of nitrogens with zero attached hydrogens (tertiary/aromatic N) is 2. The number of carbonyl (C=O) groups excluding carboxylic acids is 1. The van der Waals surface area contributed by atoms with Crippen LogP contribution in [0.2, 0.25) is 0 Å². The molecule has 27 heavy (non-hydrogen) atoms. The fourth-order valence-corrected chi connectivity index (χ4v) is 4.46. The molecule has 0 heterocycles. The Kier molecular flexibility index (Phi) is 5.85. The van der Waals surface area contributed by atoms with Gasteiger partial charge in [-0.05, 0) is 42.7 Å². The van der Waals surface area contributed by atoms with Crippen LogP contribution in [-0.4, -0.2) is 38.6 Å². The van der Waals surface area contributed by atoms with Gasteiger partial charge in [-0.15, -0.1) is 0 Å². The Hall–Kier alpha value is -2.34. The minimum Gasteiger partial charge on any atom is -0.339 e. The van der Waals surface area contributed by atoms with Crippen molar-refractivity contribution >= 4 is 21.6 Å². The third-order valence-electron chi connectivity index (χ3n) is 5.16. The summed E-state index contributed by atoms with van der Waals surface area (Å²) >= 11 is 0. The van der Waals surface area contributed by atoms with E-state index in [2.05, 4.69) is 0 Å². The van der Waals surface area contributed by atoms with E-state index in [1.54, 1.807) is 24.3 Å². The van der Waals surface area contributed by atoms with Crippen molar-refractivity contribution in [2.45, 2.75) is 38.3 Å². The Labute approximate surface area is 161 Å². The molecule has 6 heteroatoms. The monoisotopic (exact) mass is 386 g/mol. The predicted octanol–water partition coefficient (Wildman–Crippen LogP) is 3.67. The Balaban J connectivity index is 1.75. The summed E-state index contributed by atoms with van der Waals surface area (Å²) < 4.78 is 25.8. The van der Waals surface area contributed by atoms with Crippen molar-refractivity contribution < 1.29 is 13.2 Å². The van der Waals surface area contributed by atoms with E-state index in [1.165, 1.54) is 23.4 Å². The molecule has 0 saturated heterocycles. The first kappa shape index (κ1) is 19.4. The Morgan fingerprint density at radius 3 is 2.15 bits per heavy atom. The van der Waals surface area contributed by atoms with Crippen LogP contribution in [0.4, 0.5) is 5.69 Å². The second kappa shape index (κ2) is 8.13. The largest absolute Gasteiger partial charge is 0.339 e. The second-order valence-corrected chi connectivity index (χ2v) is 9.06. The van der Waals surface area contributed by atoms with Crippen molar-refractivity contribution in [3.63, 3.8) is 0 Å². The highest BCUT2D eigenvalue weighted by molar-refractivity contribution is 7.92. The summed E-state index contributed by atoms with van der Waals surface area (Å²) in [5.74, 6) is 0.0245. The summed E-state index contributed by atoms with van der Waals surface area (Å²) in [5.41, 5.74) is 2.10. The summed E-state index contributed by atoms with van der Waals surface area (Å²) in [6, 6.07) is 16.6. The first-order chi connectivity index (χ1) is 12.9. The maximum atomic E-state index is 12.7. The van der Waals surface area contributed by atoms with Gasteiger partial charge in [0.1, 0.15) is 0 Å². The van der Waals surface area contributed by atoms with E-state index in [4.69, 9.17) is 0 Å². The average molecular weight is 387 g/mol. The van der Waals surface area contributed by atoms with E-state index in [1.807, 2.05) is 42.3 Å². The quantitative estimate of drug-likeness (QED) is 0.761. The highest BCUT2D eigenvalue weighted by Gasteiger charge is 2.24. The second-order valence-electron chi connectivity index (χ2n) is 7.16. The van der Waals surface area contributed by atoms with Gasteiger partial charge in [-0.2, -0.15) is 0 Å². The van der Waals surface area contributed by atoms with Gasteiger partial charge in [-0.25, -0.2) is 8.42 Å². The summed E-state index contributed by atoms with van der Waals surface area (Å²) in [6.45, 7) is 0.232. The van der Waals surface area contributed by atoms with Gasteiger partial charge in [-0.3, -0.25) is 9.10 Å². The van der Waals surface area contributed by atoms with Crippen LogP contribution in [0.25, 0.3) is 0 Å². The molecule has 0 spiro atoms. The first-order valence-electron chi connectivity index (χ1n) is 9.25. The molecule has 0 unspecified atom stereocenters. The van der Waals surface area contributed by atoms with Crippen LogP contribution < -0.4 is 4.31 Å². The minimum atomic E-state index is -3.41. The number of sulfonamides is 1. The fourth-order valence-electron chi connectivity index (χ4n) is 3.57. The van der Waals surface area contributed by atoms with Gasteiger partial charge in [-0.1, -0.05) is 43.2 Å². The van der Waals surface area contributed by atoms with E-state index in [9.17, 15) is 13.2 Å². The molecule has 1 amide bonds. The Morgan fingerprint density at radius 2 is 1.59 bits per heavy atom. The number of amides is 1.